The third-order valence-corrected chi connectivity index (χ3v) is 4.14. The van der Waals surface area contributed by atoms with Crippen molar-refractivity contribution in [2.45, 2.75) is 17.6 Å². The first-order valence-corrected chi connectivity index (χ1v) is 6.55. The van der Waals surface area contributed by atoms with E-state index >= 15 is 0 Å². The largest absolute Gasteiger partial charge is 0.468 e. The molecular weight excluding hydrogens is 291 g/mol. The van der Waals surface area contributed by atoms with Crippen molar-refractivity contribution in [1.29, 1.82) is 0 Å². The Hall–Kier alpha value is -0.740. The van der Waals surface area contributed by atoms with Crippen LogP contribution in [0, 0.1) is 12.7 Å². The van der Waals surface area contributed by atoms with Gasteiger partial charge in [0.15, 0.2) is 0 Å². The van der Waals surface area contributed by atoms with Gasteiger partial charge in [0.05, 0.1) is 6.26 Å². The lowest BCUT2D eigenvalue weighted by Gasteiger charge is -2.03. The summed E-state index contributed by atoms with van der Waals surface area (Å²) in [4.78, 5) is 1.12. The Morgan fingerprint density at radius 1 is 1.38 bits per heavy atom. The highest BCUT2D eigenvalue weighted by atomic mass is 79.9. The smallest absolute Gasteiger partial charge is 0.124 e. The van der Waals surface area contributed by atoms with E-state index in [0.717, 1.165) is 26.4 Å². The molecule has 0 amide bonds. The van der Waals surface area contributed by atoms with Gasteiger partial charge < -0.3 is 4.42 Å². The molecule has 2 aromatic rings. The van der Waals surface area contributed by atoms with Crippen LogP contribution >= 0.6 is 27.7 Å². The minimum Gasteiger partial charge on any atom is -0.468 e. The van der Waals surface area contributed by atoms with Crippen LogP contribution in [0.25, 0.3) is 0 Å². The van der Waals surface area contributed by atoms with Gasteiger partial charge in [-0.1, -0.05) is 22.0 Å². The third-order valence-electron chi connectivity index (χ3n) is 2.21. The monoisotopic (exact) mass is 300 g/mol. The molecule has 0 spiro atoms. The van der Waals surface area contributed by atoms with E-state index in [1.165, 1.54) is 12.1 Å². The standard InChI is InChI=1S/C12H10BrFOS/c1-8-12(4-5-15-8)16-7-9-2-3-10(14)6-11(9)13/h2-6H,7H2,1H3. The van der Waals surface area contributed by atoms with Crippen molar-refractivity contribution in [3.05, 3.63) is 52.1 Å². The summed E-state index contributed by atoms with van der Waals surface area (Å²) in [5.41, 5.74) is 1.08. The minimum absolute atomic E-state index is 0.222. The molecule has 0 saturated carbocycles. The van der Waals surface area contributed by atoms with Crippen LogP contribution in [0.15, 0.2) is 44.3 Å². The van der Waals surface area contributed by atoms with E-state index in [0.29, 0.717) is 0 Å². The molecule has 0 fully saturated rings. The van der Waals surface area contributed by atoms with E-state index in [9.17, 15) is 4.39 Å². The van der Waals surface area contributed by atoms with Gasteiger partial charge in [0.2, 0.25) is 0 Å². The molecule has 16 heavy (non-hydrogen) atoms. The quantitative estimate of drug-likeness (QED) is 0.757. The summed E-state index contributed by atoms with van der Waals surface area (Å²) in [6.45, 7) is 1.93. The molecule has 0 aliphatic rings. The summed E-state index contributed by atoms with van der Waals surface area (Å²) in [7, 11) is 0. The van der Waals surface area contributed by atoms with Gasteiger partial charge in [-0.15, -0.1) is 11.8 Å². The molecule has 2 rings (SSSR count). The zero-order valence-electron chi connectivity index (χ0n) is 8.67. The van der Waals surface area contributed by atoms with E-state index in [4.69, 9.17) is 4.42 Å². The molecule has 0 atom stereocenters. The van der Waals surface area contributed by atoms with Crippen molar-refractivity contribution < 1.29 is 8.81 Å². The lowest BCUT2D eigenvalue weighted by Crippen LogP contribution is -1.84. The molecule has 0 saturated heterocycles. The lowest BCUT2D eigenvalue weighted by atomic mass is 10.2. The van der Waals surface area contributed by atoms with Crippen LogP contribution in [0.1, 0.15) is 11.3 Å². The first kappa shape index (κ1) is 11.7. The second kappa shape index (κ2) is 5.06. The van der Waals surface area contributed by atoms with Crippen LogP contribution < -0.4 is 0 Å². The average molecular weight is 301 g/mol. The molecule has 0 N–H and O–H groups in total. The van der Waals surface area contributed by atoms with Crippen molar-refractivity contribution in [1.82, 2.24) is 0 Å². The number of furan rings is 1. The van der Waals surface area contributed by atoms with Gasteiger partial charge in [-0.3, -0.25) is 0 Å². The van der Waals surface area contributed by atoms with Gasteiger partial charge in [-0.2, -0.15) is 0 Å². The molecule has 0 aliphatic carbocycles. The molecule has 1 aromatic carbocycles. The van der Waals surface area contributed by atoms with E-state index in [2.05, 4.69) is 15.9 Å². The van der Waals surface area contributed by atoms with Gasteiger partial charge in [-0.05, 0) is 30.7 Å². The highest BCUT2D eigenvalue weighted by Gasteiger charge is 2.05. The van der Waals surface area contributed by atoms with Crippen LogP contribution in [-0.2, 0) is 5.75 Å². The van der Waals surface area contributed by atoms with Gasteiger partial charge in [0.1, 0.15) is 11.6 Å². The number of rotatable bonds is 3. The zero-order valence-corrected chi connectivity index (χ0v) is 11.1. The molecule has 0 unspecified atom stereocenters. The topological polar surface area (TPSA) is 13.1 Å². The Morgan fingerprint density at radius 2 is 2.19 bits per heavy atom. The first-order chi connectivity index (χ1) is 7.66. The zero-order chi connectivity index (χ0) is 11.5. The predicted molar refractivity (Wildman–Crippen MR) is 67.1 cm³/mol. The van der Waals surface area contributed by atoms with Crippen LogP contribution in [0.2, 0.25) is 0 Å². The number of benzene rings is 1. The van der Waals surface area contributed by atoms with Gasteiger partial charge in [0.25, 0.3) is 0 Å². The molecule has 1 aromatic heterocycles. The second-order valence-corrected chi connectivity index (χ2v) is 5.24. The van der Waals surface area contributed by atoms with Crippen molar-refractivity contribution in [3.8, 4) is 0 Å². The van der Waals surface area contributed by atoms with Crippen LogP contribution in [0.4, 0.5) is 4.39 Å². The minimum atomic E-state index is -0.222. The van der Waals surface area contributed by atoms with E-state index in [1.54, 1.807) is 24.1 Å². The second-order valence-electron chi connectivity index (χ2n) is 3.37. The van der Waals surface area contributed by atoms with Crippen LogP contribution in [-0.4, -0.2) is 0 Å². The lowest BCUT2D eigenvalue weighted by molar-refractivity contribution is 0.527. The SMILES string of the molecule is Cc1occc1SCc1ccc(F)cc1Br. The fourth-order valence-corrected chi connectivity index (χ4v) is 2.96. The maximum absolute atomic E-state index is 12.9. The van der Waals surface area contributed by atoms with E-state index in [1.807, 2.05) is 13.0 Å². The Kier molecular flexibility index (Phi) is 3.71. The predicted octanol–water partition coefficient (Wildman–Crippen LogP) is 4.78. The third kappa shape index (κ3) is 2.68. The first-order valence-electron chi connectivity index (χ1n) is 4.77. The van der Waals surface area contributed by atoms with Gasteiger partial charge >= 0.3 is 0 Å². The maximum atomic E-state index is 12.9. The Bertz CT molecular complexity index is 496. The summed E-state index contributed by atoms with van der Waals surface area (Å²) in [5.74, 6) is 1.49. The number of hydrogen-bond acceptors (Lipinski definition) is 2. The number of aryl methyl sites for hydroxylation is 1. The fourth-order valence-electron chi connectivity index (χ4n) is 1.32. The Balaban J connectivity index is 2.08. The maximum Gasteiger partial charge on any atom is 0.124 e. The van der Waals surface area contributed by atoms with Crippen molar-refractivity contribution in [2.24, 2.45) is 0 Å². The molecule has 84 valence electrons. The normalized spacial score (nSPS) is 10.7. The highest BCUT2D eigenvalue weighted by molar-refractivity contribution is 9.10. The summed E-state index contributed by atoms with van der Waals surface area (Å²) >= 11 is 5.03. The van der Waals surface area contributed by atoms with Crippen LogP contribution in [0.3, 0.4) is 0 Å². The van der Waals surface area contributed by atoms with E-state index < -0.39 is 0 Å². The van der Waals surface area contributed by atoms with Crippen molar-refractivity contribution in [2.75, 3.05) is 0 Å². The Morgan fingerprint density at radius 3 is 2.81 bits per heavy atom. The molecule has 1 nitrogen and oxygen atoms in total. The average Bonchev–Trinajstić information content (AvgIpc) is 2.63. The molecule has 4 heteroatoms. The number of halogens is 2. The fraction of sp³-hybridized carbons (Fsp3) is 0.167. The summed E-state index contributed by atoms with van der Waals surface area (Å²) in [5, 5.41) is 0. The Labute approximate surface area is 106 Å². The highest BCUT2D eigenvalue weighted by Crippen LogP contribution is 2.29. The number of thioether (sulfide) groups is 1. The molecule has 1 heterocycles. The van der Waals surface area contributed by atoms with Gasteiger partial charge in [-0.25, -0.2) is 4.39 Å². The molecule has 0 bridgehead atoms. The van der Waals surface area contributed by atoms with Crippen molar-refractivity contribution in [3.63, 3.8) is 0 Å². The van der Waals surface area contributed by atoms with Crippen LogP contribution in [0.5, 0.6) is 0 Å². The number of hydrogen-bond donors (Lipinski definition) is 0. The van der Waals surface area contributed by atoms with Crippen molar-refractivity contribution >= 4 is 27.7 Å². The van der Waals surface area contributed by atoms with E-state index in [-0.39, 0.29) is 5.82 Å². The summed E-state index contributed by atoms with van der Waals surface area (Å²) < 4.78 is 18.9. The molecule has 0 radical (unpaired) electrons. The molecular formula is C12H10BrFOS. The van der Waals surface area contributed by atoms with Gasteiger partial charge in [0, 0.05) is 15.1 Å². The molecule has 0 aliphatic heterocycles. The summed E-state index contributed by atoms with van der Waals surface area (Å²) in [6.07, 6.45) is 1.68. The summed E-state index contributed by atoms with van der Waals surface area (Å²) in [6, 6.07) is 6.69.